The highest BCUT2D eigenvalue weighted by Gasteiger charge is 2.21. The van der Waals surface area contributed by atoms with Crippen molar-refractivity contribution in [1.29, 1.82) is 0 Å². The molecule has 0 bridgehead atoms. The van der Waals surface area contributed by atoms with Crippen LogP contribution in [-0.4, -0.2) is 49.4 Å². The van der Waals surface area contributed by atoms with Crippen LogP contribution >= 0.6 is 24.0 Å². The zero-order valence-electron chi connectivity index (χ0n) is 15.6. The van der Waals surface area contributed by atoms with E-state index in [1.807, 2.05) is 46.7 Å². The first-order valence-corrected chi connectivity index (χ1v) is 7.96. The van der Waals surface area contributed by atoms with Crippen molar-refractivity contribution in [1.82, 2.24) is 35.1 Å². The normalized spacial score (nSPS) is 12.0. The number of nitrogens with zero attached hydrogens (tertiary/aromatic N) is 7. The minimum absolute atomic E-state index is 0. The Bertz CT molecular complexity index is 688. The Hall–Kier alpha value is -1.72. The molecule has 0 atom stereocenters. The van der Waals surface area contributed by atoms with Gasteiger partial charge in [-0.2, -0.15) is 10.1 Å². The molecule has 0 aliphatic heterocycles. The average Bonchev–Trinajstić information content (AvgIpc) is 3.13. The van der Waals surface area contributed by atoms with Gasteiger partial charge in [-0.1, -0.05) is 25.9 Å². The Morgan fingerprint density at radius 3 is 2.64 bits per heavy atom. The lowest BCUT2D eigenvalue weighted by Crippen LogP contribution is -2.39. The van der Waals surface area contributed by atoms with E-state index in [9.17, 15) is 0 Å². The van der Waals surface area contributed by atoms with Crippen LogP contribution in [0.4, 0.5) is 0 Å². The van der Waals surface area contributed by atoms with Gasteiger partial charge >= 0.3 is 0 Å². The van der Waals surface area contributed by atoms with Crippen molar-refractivity contribution in [3.05, 3.63) is 23.9 Å². The van der Waals surface area contributed by atoms with Crippen molar-refractivity contribution >= 4 is 29.9 Å². The molecule has 0 aromatic carbocycles. The Morgan fingerprint density at radius 1 is 1.40 bits per heavy atom. The molecule has 0 amide bonds. The molecule has 0 saturated heterocycles. The number of hydrogen-bond donors (Lipinski definition) is 1. The average molecular weight is 462 g/mol. The first kappa shape index (κ1) is 21.3. The summed E-state index contributed by atoms with van der Waals surface area (Å²) in [4.78, 5) is 15.2. The molecule has 25 heavy (non-hydrogen) atoms. The number of hydrogen-bond acceptors (Lipinski definition) is 6. The van der Waals surface area contributed by atoms with Crippen molar-refractivity contribution in [3.8, 4) is 0 Å². The lowest BCUT2D eigenvalue weighted by atomic mass is 9.97. The van der Waals surface area contributed by atoms with Gasteiger partial charge in [-0.15, -0.1) is 24.0 Å². The van der Waals surface area contributed by atoms with Gasteiger partial charge in [0.05, 0.1) is 6.54 Å². The van der Waals surface area contributed by atoms with Gasteiger partial charge in [-0.05, 0) is 6.92 Å². The van der Waals surface area contributed by atoms with Crippen LogP contribution in [0.2, 0.25) is 0 Å². The number of guanidine groups is 1. The molecule has 2 aromatic heterocycles. The summed E-state index contributed by atoms with van der Waals surface area (Å²) in [7, 11) is 3.82. The Balaban J connectivity index is 0.00000312. The summed E-state index contributed by atoms with van der Waals surface area (Å²) in [5, 5.41) is 11.3. The lowest BCUT2D eigenvalue weighted by molar-refractivity contribution is 0.318. The molecule has 0 aliphatic carbocycles. The summed E-state index contributed by atoms with van der Waals surface area (Å²) in [6, 6.07) is 0. The van der Waals surface area contributed by atoms with Crippen LogP contribution in [0.3, 0.4) is 0 Å². The summed E-state index contributed by atoms with van der Waals surface area (Å²) in [5.74, 6) is 2.80. The van der Waals surface area contributed by atoms with Crippen LogP contribution in [0, 0.1) is 0 Å². The molecule has 10 heteroatoms. The fourth-order valence-corrected chi connectivity index (χ4v) is 1.99. The summed E-state index contributed by atoms with van der Waals surface area (Å²) in [6.07, 6.45) is 1.54. The number of halogens is 1. The van der Waals surface area contributed by atoms with Gasteiger partial charge in [-0.25, -0.2) is 9.98 Å². The smallest absolute Gasteiger partial charge is 0.232 e. The predicted molar refractivity (Wildman–Crippen MR) is 106 cm³/mol. The number of aromatic nitrogens is 5. The fourth-order valence-electron chi connectivity index (χ4n) is 1.99. The third-order valence-corrected chi connectivity index (χ3v) is 3.36. The quantitative estimate of drug-likeness (QED) is 0.411. The third-order valence-electron chi connectivity index (χ3n) is 3.36. The topological polar surface area (TPSA) is 97.3 Å². The molecular formula is C15H27IN8O. The van der Waals surface area contributed by atoms with Crippen molar-refractivity contribution in [3.63, 3.8) is 0 Å². The molecular weight excluding hydrogens is 435 g/mol. The minimum Gasteiger partial charge on any atom is -0.357 e. The molecule has 2 rings (SSSR count). The third kappa shape index (κ3) is 5.94. The first-order chi connectivity index (χ1) is 11.3. The van der Waals surface area contributed by atoms with E-state index in [2.05, 4.69) is 30.5 Å². The Kier molecular flexibility index (Phi) is 7.77. The predicted octanol–water partition coefficient (Wildman–Crippen LogP) is 1.71. The highest BCUT2D eigenvalue weighted by molar-refractivity contribution is 14.0. The zero-order chi connectivity index (χ0) is 17.7. The van der Waals surface area contributed by atoms with E-state index < -0.39 is 0 Å². The second-order valence-corrected chi connectivity index (χ2v) is 6.59. The van der Waals surface area contributed by atoms with Gasteiger partial charge in [0.25, 0.3) is 0 Å². The maximum absolute atomic E-state index is 5.30. The standard InChI is InChI=1S/C15H26N8O.HI/c1-7-16-14(22(5)9-12-18-10-19-23(12)6)17-8-11-20-13(24-21-11)15(2,3)4;/h10H,7-9H2,1-6H3,(H,16,17);1H. The largest absolute Gasteiger partial charge is 0.357 e. The van der Waals surface area contributed by atoms with Gasteiger partial charge in [0.15, 0.2) is 11.8 Å². The molecule has 0 saturated carbocycles. The number of nitrogens with one attached hydrogen (secondary N) is 1. The molecule has 140 valence electrons. The molecule has 0 unspecified atom stereocenters. The van der Waals surface area contributed by atoms with Gasteiger partial charge in [0, 0.05) is 26.1 Å². The highest BCUT2D eigenvalue weighted by atomic mass is 127. The second-order valence-electron chi connectivity index (χ2n) is 6.59. The molecule has 2 heterocycles. The monoisotopic (exact) mass is 462 g/mol. The van der Waals surface area contributed by atoms with E-state index in [0.717, 1.165) is 18.3 Å². The fraction of sp³-hybridized carbons (Fsp3) is 0.667. The molecule has 1 N–H and O–H groups in total. The van der Waals surface area contributed by atoms with Crippen LogP contribution in [0.25, 0.3) is 0 Å². The van der Waals surface area contributed by atoms with E-state index in [-0.39, 0.29) is 29.4 Å². The number of aliphatic imine (C=N–C) groups is 1. The Morgan fingerprint density at radius 2 is 2.12 bits per heavy atom. The van der Waals surface area contributed by atoms with Gasteiger partial charge < -0.3 is 14.7 Å². The number of aryl methyl sites for hydroxylation is 1. The zero-order valence-corrected chi connectivity index (χ0v) is 18.0. The van der Waals surface area contributed by atoms with E-state index in [0.29, 0.717) is 24.8 Å². The van der Waals surface area contributed by atoms with Crippen molar-refractivity contribution in [2.75, 3.05) is 13.6 Å². The second kappa shape index (κ2) is 9.11. The molecule has 0 radical (unpaired) electrons. The van der Waals surface area contributed by atoms with Crippen LogP contribution in [-0.2, 0) is 25.6 Å². The van der Waals surface area contributed by atoms with Crippen LogP contribution < -0.4 is 5.32 Å². The maximum Gasteiger partial charge on any atom is 0.232 e. The maximum atomic E-state index is 5.30. The molecule has 0 spiro atoms. The van der Waals surface area contributed by atoms with Crippen LogP contribution in [0.5, 0.6) is 0 Å². The Labute approximate surface area is 165 Å². The highest BCUT2D eigenvalue weighted by Crippen LogP contribution is 2.19. The van der Waals surface area contributed by atoms with Crippen molar-refractivity contribution in [2.24, 2.45) is 12.0 Å². The summed E-state index contributed by atoms with van der Waals surface area (Å²) in [5.41, 5.74) is -0.165. The van der Waals surface area contributed by atoms with Crippen LogP contribution in [0.15, 0.2) is 15.8 Å². The summed E-state index contributed by atoms with van der Waals surface area (Å²) in [6.45, 7) is 9.84. The van der Waals surface area contributed by atoms with E-state index in [1.165, 1.54) is 0 Å². The summed E-state index contributed by atoms with van der Waals surface area (Å²) >= 11 is 0. The van der Waals surface area contributed by atoms with Crippen molar-refractivity contribution < 1.29 is 4.52 Å². The van der Waals surface area contributed by atoms with Gasteiger partial charge in [0.1, 0.15) is 18.7 Å². The van der Waals surface area contributed by atoms with E-state index in [4.69, 9.17) is 4.52 Å². The van der Waals surface area contributed by atoms with Gasteiger partial charge in [-0.3, -0.25) is 4.68 Å². The van der Waals surface area contributed by atoms with Crippen LogP contribution in [0.1, 0.15) is 45.2 Å². The molecule has 9 nitrogen and oxygen atoms in total. The molecule has 0 aliphatic rings. The number of rotatable bonds is 5. The summed E-state index contributed by atoms with van der Waals surface area (Å²) < 4.78 is 7.04. The minimum atomic E-state index is -0.165. The SMILES string of the molecule is CCNC(=NCc1noc(C(C)(C)C)n1)N(C)Cc1ncnn1C.I. The first-order valence-electron chi connectivity index (χ1n) is 7.96. The van der Waals surface area contributed by atoms with Crippen molar-refractivity contribution in [2.45, 2.75) is 46.2 Å². The van der Waals surface area contributed by atoms with Gasteiger partial charge in [0.2, 0.25) is 5.89 Å². The van der Waals surface area contributed by atoms with E-state index >= 15 is 0 Å². The molecule has 2 aromatic rings. The lowest BCUT2D eigenvalue weighted by Gasteiger charge is -2.21. The molecule has 0 fully saturated rings. The van der Waals surface area contributed by atoms with E-state index in [1.54, 1.807) is 11.0 Å².